The third-order valence-corrected chi connectivity index (χ3v) is 3.81. The first-order chi connectivity index (χ1) is 7.34. The van der Waals surface area contributed by atoms with E-state index in [1.54, 1.807) is 24.3 Å². The first-order valence-corrected chi connectivity index (χ1v) is 5.97. The van der Waals surface area contributed by atoms with E-state index in [0.717, 1.165) is 6.08 Å². The second-order valence-corrected chi connectivity index (χ2v) is 5.29. The molecule has 0 bridgehead atoms. The molecule has 1 aromatic carbocycles. The Kier molecular flexibility index (Phi) is 2.30. The van der Waals surface area contributed by atoms with Crippen LogP contribution in [0.5, 0.6) is 0 Å². The second-order valence-electron chi connectivity index (χ2n) is 3.66. The fourth-order valence-corrected chi connectivity index (χ4v) is 2.33. The predicted octanol–water partition coefficient (Wildman–Crippen LogP) is 0.718. The summed E-state index contributed by atoms with van der Waals surface area (Å²) in [7, 11) is -4.78. The van der Waals surface area contributed by atoms with Crippen molar-refractivity contribution in [3.05, 3.63) is 41.2 Å². The highest BCUT2D eigenvalue weighted by Crippen LogP contribution is 2.33. The minimum Gasteiger partial charge on any atom is -0.508 e. The Morgan fingerprint density at radius 2 is 1.88 bits per heavy atom. The molecule has 16 heavy (non-hydrogen) atoms. The maximum atomic E-state index is 11.0. The van der Waals surface area contributed by atoms with Gasteiger partial charge >= 0.3 is 10.1 Å². The van der Waals surface area contributed by atoms with Gasteiger partial charge in [-0.1, -0.05) is 24.3 Å². The van der Waals surface area contributed by atoms with Crippen LogP contribution >= 0.6 is 0 Å². The van der Waals surface area contributed by atoms with Crippen LogP contribution in [0.3, 0.4) is 0 Å². The number of aliphatic hydroxyl groups excluding tert-OH is 1. The number of benzene rings is 1. The summed E-state index contributed by atoms with van der Waals surface area (Å²) in [6.07, 6.45) is 0.761. The van der Waals surface area contributed by atoms with Gasteiger partial charge in [-0.3, -0.25) is 4.55 Å². The summed E-state index contributed by atoms with van der Waals surface area (Å²) in [5, 5.41) is 19.2. The molecule has 0 fully saturated rings. The third-order valence-electron chi connectivity index (χ3n) is 2.60. The standard InChI is InChI=1S/C10H10O5S/c11-9-5-7-3-1-2-4-8(7)6-10(9,12)16(13,14)15/h1-5,11-12H,6H2,(H,13,14,15). The fraction of sp³-hybridized carbons (Fsp3) is 0.200. The van der Waals surface area contributed by atoms with Crippen LogP contribution in [0.25, 0.3) is 6.08 Å². The normalized spacial score (nSPS) is 24.8. The van der Waals surface area contributed by atoms with Crippen molar-refractivity contribution in [1.29, 1.82) is 0 Å². The molecular weight excluding hydrogens is 232 g/mol. The summed E-state index contributed by atoms with van der Waals surface area (Å²) < 4.78 is 31.0. The largest absolute Gasteiger partial charge is 0.508 e. The Morgan fingerprint density at radius 3 is 2.50 bits per heavy atom. The van der Waals surface area contributed by atoms with Crippen LogP contribution < -0.4 is 0 Å². The van der Waals surface area contributed by atoms with Crippen LogP contribution in [0.2, 0.25) is 0 Å². The van der Waals surface area contributed by atoms with Crippen molar-refractivity contribution in [3.8, 4) is 0 Å². The Labute approximate surface area is 92.4 Å². The number of rotatable bonds is 1. The summed E-state index contributed by atoms with van der Waals surface area (Å²) in [6.45, 7) is 0. The van der Waals surface area contributed by atoms with Gasteiger partial charge in [-0.2, -0.15) is 8.42 Å². The van der Waals surface area contributed by atoms with E-state index in [1.807, 2.05) is 0 Å². The van der Waals surface area contributed by atoms with Crippen molar-refractivity contribution >= 4 is 16.2 Å². The molecule has 0 aliphatic heterocycles. The smallest absolute Gasteiger partial charge is 0.303 e. The molecule has 0 saturated heterocycles. The summed E-state index contributed by atoms with van der Waals surface area (Å²) in [5.41, 5.74) is 1.16. The summed E-state index contributed by atoms with van der Waals surface area (Å²) in [6, 6.07) is 6.70. The molecule has 1 aliphatic carbocycles. The first kappa shape index (κ1) is 11.1. The van der Waals surface area contributed by atoms with E-state index >= 15 is 0 Å². The van der Waals surface area contributed by atoms with Crippen molar-refractivity contribution in [1.82, 2.24) is 0 Å². The van der Waals surface area contributed by atoms with E-state index in [0.29, 0.717) is 11.1 Å². The molecule has 2 rings (SSSR count). The minimum atomic E-state index is -4.78. The topological polar surface area (TPSA) is 94.8 Å². The average Bonchev–Trinajstić information content (AvgIpc) is 2.18. The Morgan fingerprint density at radius 1 is 1.25 bits per heavy atom. The predicted molar refractivity (Wildman–Crippen MR) is 57.3 cm³/mol. The van der Waals surface area contributed by atoms with E-state index in [2.05, 4.69) is 0 Å². The van der Waals surface area contributed by atoms with E-state index in [-0.39, 0.29) is 6.42 Å². The zero-order valence-electron chi connectivity index (χ0n) is 8.16. The van der Waals surface area contributed by atoms with Crippen molar-refractivity contribution in [3.63, 3.8) is 0 Å². The molecule has 0 spiro atoms. The lowest BCUT2D eigenvalue weighted by atomic mass is 9.94. The molecule has 3 N–H and O–H groups in total. The van der Waals surface area contributed by atoms with Gasteiger partial charge in [-0.05, 0) is 17.2 Å². The number of fused-ring (bicyclic) bond motifs is 1. The van der Waals surface area contributed by atoms with Crippen LogP contribution in [0.15, 0.2) is 30.0 Å². The van der Waals surface area contributed by atoms with Gasteiger partial charge < -0.3 is 10.2 Å². The average molecular weight is 242 g/mol. The number of hydrogen-bond acceptors (Lipinski definition) is 4. The van der Waals surface area contributed by atoms with Crippen molar-refractivity contribution in [2.45, 2.75) is 11.4 Å². The molecule has 0 heterocycles. The van der Waals surface area contributed by atoms with Crippen LogP contribution in [0.1, 0.15) is 11.1 Å². The number of aliphatic hydroxyl groups is 2. The molecule has 6 heteroatoms. The van der Waals surface area contributed by atoms with Crippen molar-refractivity contribution in [2.75, 3.05) is 0 Å². The monoisotopic (exact) mass is 242 g/mol. The zero-order valence-corrected chi connectivity index (χ0v) is 8.98. The molecule has 0 radical (unpaired) electrons. The molecule has 1 aliphatic rings. The second kappa shape index (κ2) is 3.31. The lowest BCUT2D eigenvalue weighted by molar-refractivity contribution is 0.101. The zero-order chi connectivity index (χ0) is 12.0. The molecule has 0 aromatic heterocycles. The lowest BCUT2D eigenvalue weighted by Crippen LogP contribution is -2.44. The Balaban J connectivity index is 2.61. The molecular formula is C10H10O5S. The van der Waals surface area contributed by atoms with Crippen LogP contribution in [0, 0.1) is 0 Å². The number of hydrogen-bond donors (Lipinski definition) is 3. The van der Waals surface area contributed by atoms with Gasteiger partial charge in [0.05, 0.1) is 0 Å². The maximum absolute atomic E-state index is 11.0. The molecule has 86 valence electrons. The van der Waals surface area contributed by atoms with E-state index in [1.165, 1.54) is 0 Å². The van der Waals surface area contributed by atoms with E-state index in [4.69, 9.17) is 4.55 Å². The quantitative estimate of drug-likeness (QED) is 0.631. The van der Waals surface area contributed by atoms with Crippen LogP contribution in [0.4, 0.5) is 0 Å². The molecule has 1 unspecified atom stereocenters. The van der Waals surface area contributed by atoms with Crippen molar-refractivity contribution < 1.29 is 23.2 Å². The lowest BCUT2D eigenvalue weighted by Gasteiger charge is -2.28. The van der Waals surface area contributed by atoms with Gasteiger partial charge in [-0.25, -0.2) is 0 Å². The SMILES string of the molecule is O=S(=O)(O)C1(O)Cc2ccccc2C=C1O. The van der Waals surface area contributed by atoms with Crippen LogP contribution in [-0.2, 0) is 16.5 Å². The van der Waals surface area contributed by atoms with Gasteiger partial charge in [0.15, 0.2) is 0 Å². The first-order valence-electron chi connectivity index (χ1n) is 4.53. The highest BCUT2D eigenvalue weighted by atomic mass is 32.2. The molecule has 5 nitrogen and oxygen atoms in total. The van der Waals surface area contributed by atoms with Crippen molar-refractivity contribution in [2.24, 2.45) is 0 Å². The van der Waals surface area contributed by atoms with E-state index < -0.39 is 20.8 Å². The third kappa shape index (κ3) is 1.51. The van der Waals surface area contributed by atoms with Crippen LogP contribution in [-0.4, -0.2) is 28.1 Å². The molecule has 1 atom stereocenters. The van der Waals surface area contributed by atoms with Gasteiger partial charge in [0.25, 0.3) is 4.93 Å². The highest BCUT2D eigenvalue weighted by Gasteiger charge is 2.47. The summed E-state index contributed by atoms with van der Waals surface area (Å²) in [4.78, 5) is -2.64. The summed E-state index contributed by atoms with van der Waals surface area (Å²) in [5.74, 6) is -0.770. The summed E-state index contributed by atoms with van der Waals surface area (Å²) >= 11 is 0. The molecule has 1 aromatic rings. The molecule has 0 amide bonds. The molecule has 0 saturated carbocycles. The fourth-order valence-electron chi connectivity index (χ4n) is 1.67. The minimum absolute atomic E-state index is 0.371. The highest BCUT2D eigenvalue weighted by molar-refractivity contribution is 7.87. The van der Waals surface area contributed by atoms with Gasteiger partial charge in [0.1, 0.15) is 5.76 Å². The van der Waals surface area contributed by atoms with Gasteiger partial charge in [0.2, 0.25) is 0 Å². The Hall–Kier alpha value is -1.37. The van der Waals surface area contributed by atoms with Gasteiger partial charge in [-0.15, -0.1) is 0 Å². The Bertz CT molecular complexity index is 560. The van der Waals surface area contributed by atoms with Gasteiger partial charge in [0, 0.05) is 6.42 Å². The van der Waals surface area contributed by atoms with E-state index in [9.17, 15) is 18.6 Å². The maximum Gasteiger partial charge on any atom is 0.303 e.